The summed E-state index contributed by atoms with van der Waals surface area (Å²) in [6, 6.07) is 0. The predicted octanol–water partition coefficient (Wildman–Crippen LogP) is -0.0526. The van der Waals surface area contributed by atoms with Gasteiger partial charge < -0.3 is 15.7 Å². The van der Waals surface area contributed by atoms with E-state index in [1.165, 1.54) is 0 Å². The molecule has 1 aliphatic rings. The molecular formula is C13H27N3O2. The van der Waals surface area contributed by atoms with Gasteiger partial charge in [-0.2, -0.15) is 0 Å². The highest BCUT2D eigenvalue weighted by Gasteiger charge is 2.34. The molecule has 0 aromatic carbocycles. The van der Waals surface area contributed by atoms with E-state index in [1.54, 1.807) is 0 Å². The molecule has 1 heterocycles. The summed E-state index contributed by atoms with van der Waals surface area (Å²) in [5.74, 6) is 0.0488. The summed E-state index contributed by atoms with van der Waals surface area (Å²) in [6.07, 6.45) is 1.05. The van der Waals surface area contributed by atoms with Crippen molar-refractivity contribution in [3.63, 3.8) is 0 Å². The van der Waals surface area contributed by atoms with Gasteiger partial charge in [-0.25, -0.2) is 0 Å². The molecule has 0 saturated carbocycles. The van der Waals surface area contributed by atoms with Gasteiger partial charge in [0.05, 0.1) is 11.6 Å². The second-order valence-corrected chi connectivity index (χ2v) is 5.40. The summed E-state index contributed by atoms with van der Waals surface area (Å²) in [4.78, 5) is 14.4. The van der Waals surface area contributed by atoms with Gasteiger partial charge in [-0.15, -0.1) is 0 Å². The largest absolute Gasteiger partial charge is 0.393 e. The van der Waals surface area contributed by atoms with Crippen molar-refractivity contribution >= 4 is 5.91 Å². The van der Waals surface area contributed by atoms with E-state index in [0.29, 0.717) is 13.0 Å². The molecule has 18 heavy (non-hydrogen) atoms. The highest BCUT2D eigenvalue weighted by molar-refractivity contribution is 5.85. The Bertz CT molecular complexity index is 263. The lowest BCUT2D eigenvalue weighted by molar-refractivity contribution is -0.132. The van der Waals surface area contributed by atoms with E-state index in [-0.39, 0.29) is 12.0 Å². The van der Waals surface area contributed by atoms with Crippen LogP contribution in [0.15, 0.2) is 0 Å². The molecule has 1 amide bonds. The summed E-state index contributed by atoms with van der Waals surface area (Å²) < 4.78 is 0. The number of amides is 1. The average molecular weight is 257 g/mol. The van der Waals surface area contributed by atoms with E-state index in [1.807, 2.05) is 20.8 Å². The molecule has 0 bridgehead atoms. The zero-order chi connectivity index (χ0) is 13.6. The van der Waals surface area contributed by atoms with Crippen LogP contribution in [0.4, 0.5) is 0 Å². The first kappa shape index (κ1) is 15.4. The number of hydrogen-bond acceptors (Lipinski definition) is 4. The fourth-order valence-electron chi connectivity index (χ4n) is 2.14. The highest BCUT2D eigenvalue weighted by Crippen LogP contribution is 2.15. The van der Waals surface area contributed by atoms with Crippen LogP contribution in [0, 0.1) is 0 Å². The van der Waals surface area contributed by atoms with Gasteiger partial charge in [0, 0.05) is 32.7 Å². The van der Waals surface area contributed by atoms with Crippen molar-refractivity contribution in [1.29, 1.82) is 0 Å². The number of piperazine rings is 1. The van der Waals surface area contributed by atoms with E-state index in [4.69, 9.17) is 0 Å². The van der Waals surface area contributed by atoms with Gasteiger partial charge in [0.2, 0.25) is 5.91 Å². The standard InChI is InChI=1S/C13H27N3O2/c1-4-11(17)5-6-15-12(18)13(2,3)16-9-7-14-8-10-16/h11,14,17H,4-10H2,1-3H3,(H,15,18). The van der Waals surface area contributed by atoms with Crippen molar-refractivity contribution in [2.45, 2.75) is 45.3 Å². The number of carbonyl (C=O) groups excluding carboxylic acids is 1. The fraction of sp³-hybridized carbons (Fsp3) is 0.923. The third-order valence-corrected chi connectivity index (χ3v) is 3.70. The normalized spacial score (nSPS) is 19.6. The minimum absolute atomic E-state index is 0.0488. The van der Waals surface area contributed by atoms with Crippen LogP contribution in [-0.2, 0) is 4.79 Å². The first-order chi connectivity index (χ1) is 8.48. The Morgan fingerprint density at radius 1 is 1.44 bits per heavy atom. The number of carbonyl (C=O) groups is 1. The third-order valence-electron chi connectivity index (χ3n) is 3.70. The van der Waals surface area contributed by atoms with Gasteiger partial charge in [0.25, 0.3) is 0 Å². The van der Waals surface area contributed by atoms with Crippen LogP contribution in [0.1, 0.15) is 33.6 Å². The van der Waals surface area contributed by atoms with E-state index in [2.05, 4.69) is 15.5 Å². The summed E-state index contributed by atoms with van der Waals surface area (Å²) in [5.41, 5.74) is -0.473. The van der Waals surface area contributed by atoms with Gasteiger partial charge in [-0.05, 0) is 26.7 Å². The number of aliphatic hydroxyl groups is 1. The van der Waals surface area contributed by atoms with Crippen LogP contribution in [0.3, 0.4) is 0 Å². The second kappa shape index (κ2) is 7.07. The Kier molecular flexibility index (Phi) is 6.05. The summed E-state index contributed by atoms with van der Waals surface area (Å²) in [6.45, 7) is 10.1. The maximum Gasteiger partial charge on any atom is 0.239 e. The van der Waals surface area contributed by atoms with Crippen LogP contribution in [-0.4, -0.2) is 60.3 Å². The maximum atomic E-state index is 12.2. The van der Waals surface area contributed by atoms with Crippen LogP contribution in [0.25, 0.3) is 0 Å². The first-order valence-corrected chi connectivity index (χ1v) is 6.90. The lowest BCUT2D eigenvalue weighted by Crippen LogP contribution is -2.60. The molecular weight excluding hydrogens is 230 g/mol. The van der Waals surface area contributed by atoms with Gasteiger partial charge in [0.1, 0.15) is 0 Å². The van der Waals surface area contributed by atoms with E-state index < -0.39 is 5.54 Å². The van der Waals surface area contributed by atoms with Crippen molar-refractivity contribution in [1.82, 2.24) is 15.5 Å². The Morgan fingerprint density at radius 3 is 2.61 bits per heavy atom. The van der Waals surface area contributed by atoms with E-state index in [9.17, 15) is 9.90 Å². The summed E-state index contributed by atoms with van der Waals surface area (Å²) >= 11 is 0. The zero-order valence-electron chi connectivity index (χ0n) is 11.8. The van der Waals surface area contributed by atoms with Crippen molar-refractivity contribution in [3.8, 4) is 0 Å². The molecule has 0 radical (unpaired) electrons. The SMILES string of the molecule is CCC(O)CCNC(=O)C(C)(C)N1CCNCC1. The number of hydrogen-bond donors (Lipinski definition) is 3. The maximum absolute atomic E-state index is 12.2. The highest BCUT2D eigenvalue weighted by atomic mass is 16.3. The van der Waals surface area contributed by atoms with Gasteiger partial charge in [-0.1, -0.05) is 6.92 Å². The minimum Gasteiger partial charge on any atom is -0.393 e. The smallest absolute Gasteiger partial charge is 0.239 e. The third kappa shape index (κ3) is 4.23. The van der Waals surface area contributed by atoms with Crippen LogP contribution >= 0.6 is 0 Å². The van der Waals surface area contributed by atoms with Gasteiger partial charge in [-0.3, -0.25) is 9.69 Å². The predicted molar refractivity (Wildman–Crippen MR) is 72.4 cm³/mol. The first-order valence-electron chi connectivity index (χ1n) is 6.90. The van der Waals surface area contributed by atoms with Crippen molar-refractivity contribution < 1.29 is 9.90 Å². The topological polar surface area (TPSA) is 64.6 Å². The van der Waals surface area contributed by atoms with Crippen LogP contribution in [0.5, 0.6) is 0 Å². The quantitative estimate of drug-likeness (QED) is 0.624. The molecule has 1 rings (SSSR count). The molecule has 0 spiro atoms. The lowest BCUT2D eigenvalue weighted by Gasteiger charge is -2.39. The molecule has 106 valence electrons. The molecule has 3 N–H and O–H groups in total. The fourth-order valence-corrected chi connectivity index (χ4v) is 2.14. The molecule has 1 saturated heterocycles. The average Bonchev–Trinajstić information content (AvgIpc) is 2.39. The Hall–Kier alpha value is -0.650. The summed E-state index contributed by atoms with van der Waals surface area (Å²) in [7, 11) is 0. The molecule has 5 nitrogen and oxygen atoms in total. The second-order valence-electron chi connectivity index (χ2n) is 5.40. The van der Waals surface area contributed by atoms with E-state index >= 15 is 0 Å². The Labute approximate surface area is 110 Å². The summed E-state index contributed by atoms with van der Waals surface area (Å²) in [5, 5.41) is 15.7. The molecule has 1 unspecified atom stereocenters. The van der Waals surface area contributed by atoms with Crippen molar-refractivity contribution in [3.05, 3.63) is 0 Å². The number of rotatable bonds is 6. The van der Waals surface area contributed by atoms with Gasteiger partial charge in [0.15, 0.2) is 0 Å². The molecule has 0 aromatic heterocycles. The molecule has 1 fully saturated rings. The lowest BCUT2D eigenvalue weighted by atomic mass is 10.0. The number of nitrogens with zero attached hydrogens (tertiary/aromatic N) is 1. The molecule has 5 heteroatoms. The minimum atomic E-state index is -0.473. The van der Waals surface area contributed by atoms with Crippen molar-refractivity contribution in [2.75, 3.05) is 32.7 Å². The van der Waals surface area contributed by atoms with E-state index in [0.717, 1.165) is 32.6 Å². The molecule has 1 atom stereocenters. The number of nitrogens with one attached hydrogen (secondary N) is 2. The monoisotopic (exact) mass is 257 g/mol. The molecule has 1 aliphatic heterocycles. The Morgan fingerprint density at radius 2 is 2.06 bits per heavy atom. The van der Waals surface area contributed by atoms with Crippen LogP contribution < -0.4 is 10.6 Å². The Balaban J connectivity index is 2.38. The molecule has 0 aliphatic carbocycles. The van der Waals surface area contributed by atoms with Crippen LogP contribution in [0.2, 0.25) is 0 Å². The zero-order valence-corrected chi connectivity index (χ0v) is 11.8. The molecule has 0 aromatic rings. The van der Waals surface area contributed by atoms with Crippen molar-refractivity contribution in [2.24, 2.45) is 0 Å². The number of aliphatic hydroxyl groups excluding tert-OH is 1. The van der Waals surface area contributed by atoms with Gasteiger partial charge >= 0.3 is 0 Å².